The average Bonchev–Trinajstić information content (AvgIpc) is 2.54. The van der Waals surface area contributed by atoms with Crippen LogP contribution in [-0.4, -0.2) is 43.7 Å². The minimum Gasteiger partial charge on any atom is -0.272 e. The lowest BCUT2D eigenvalue weighted by molar-refractivity contribution is -0.121. The van der Waals surface area contributed by atoms with E-state index in [9.17, 15) is 13.2 Å². The van der Waals surface area contributed by atoms with Crippen LogP contribution >= 0.6 is 15.9 Å². The predicted molar refractivity (Wildman–Crippen MR) is 98.3 cm³/mol. The van der Waals surface area contributed by atoms with Gasteiger partial charge in [-0.25, -0.2) is 13.8 Å². The topological polar surface area (TPSA) is 78.8 Å². The maximum Gasteiger partial charge on any atom is 0.255 e. The van der Waals surface area contributed by atoms with E-state index in [1.807, 2.05) is 24.3 Å². The zero-order valence-electron chi connectivity index (χ0n) is 13.6. The van der Waals surface area contributed by atoms with Crippen LogP contribution in [0, 0.1) is 0 Å². The summed E-state index contributed by atoms with van der Waals surface area (Å²) < 4.78 is 26.2. The molecule has 0 radical (unpaired) electrons. The van der Waals surface area contributed by atoms with Gasteiger partial charge in [-0.2, -0.15) is 9.41 Å². The number of benzene rings is 1. The SMILES string of the molecule is CS(=O)(=O)N(CC(=O)NN=Cc1ccccc1Br)C1CCCCC1. The standard InChI is InChI=1S/C16H22BrN3O3S/c1-24(22,23)20(14-8-3-2-4-9-14)12-16(21)19-18-11-13-7-5-6-10-15(13)17/h5-7,10-11,14H,2-4,8-9,12H2,1H3,(H,19,21). The molecule has 0 saturated heterocycles. The molecule has 1 aliphatic rings. The first-order chi connectivity index (χ1) is 11.4. The van der Waals surface area contributed by atoms with Crippen molar-refractivity contribution in [1.29, 1.82) is 0 Å². The molecule has 132 valence electrons. The van der Waals surface area contributed by atoms with Crippen LogP contribution in [0.4, 0.5) is 0 Å². The summed E-state index contributed by atoms with van der Waals surface area (Å²) >= 11 is 3.39. The highest BCUT2D eigenvalue weighted by Gasteiger charge is 2.29. The van der Waals surface area contributed by atoms with E-state index >= 15 is 0 Å². The number of rotatable bonds is 6. The van der Waals surface area contributed by atoms with Gasteiger partial charge in [0.25, 0.3) is 5.91 Å². The van der Waals surface area contributed by atoms with Gasteiger partial charge in [-0.3, -0.25) is 4.79 Å². The summed E-state index contributed by atoms with van der Waals surface area (Å²) in [6.07, 6.45) is 7.40. The second-order valence-electron chi connectivity index (χ2n) is 5.91. The molecule has 0 bridgehead atoms. The Labute approximate surface area is 151 Å². The molecule has 1 N–H and O–H groups in total. The van der Waals surface area contributed by atoms with Crippen LogP contribution in [-0.2, 0) is 14.8 Å². The van der Waals surface area contributed by atoms with E-state index in [2.05, 4.69) is 26.5 Å². The number of carbonyl (C=O) groups excluding carboxylic acids is 1. The fourth-order valence-electron chi connectivity index (χ4n) is 2.82. The summed E-state index contributed by atoms with van der Waals surface area (Å²) in [4.78, 5) is 12.1. The minimum atomic E-state index is -3.43. The van der Waals surface area contributed by atoms with Crippen molar-refractivity contribution in [2.24, 2.45) is 5.10 Å². The van der Waals surface area contributed by atoms with Crippen molar-refractivity contribution in [3.63, 3.8) is 0 Å². The third-order valence-electron chi connectivity index (χ3n) is 4.01. The van der Waals surface area contributed by atoms with Crippen molar-refractivity contribution in [3.8, 4) is 0 Å². The number of hydrogen-bond donors (Lipinski definition) is 1. The Morgan fingerprint density at radius 2 is 2.00 bits per heavy atom. The Kier molecular flexibility index (Phi) is 6.94. The molecule has 8 heteroatoms. The van der Waals surface area contributed by atoms with Gasteiger partial charge in [0.1, 0.15) is 0 Å². The summed E-state index contributed by atoms with van der Waals surface area (Å²) in [7, 11) is -3.43. The predicted octanol–water partition coefficient (Wildman–Crippen LogP) is 2.49. The molecule has 0 atom stereocenters. The largest absolute Gasteiger partial charge is 0.272 e. The molecule has 0 unspecified atom stereocenters. The third-order valence-corrected chi connectivity index (χ3v) is 6.01. The van der Waals surface area contributed by atoms with Gasteiger partial charge in [0.2, 0.25) is 10.0 Å². The molecule has 1 amide bonds. The van der Waals surface area contributed by atoms with E-state index < -0.39 is 15.9 Å². The van der Waals surface area contributed by atoms with Gasteiger partial charge >= 0.3 is 0 Å². The number of sulfonamides is 1. The first-order valence-corrected chi connectivity index (χ1v) is 10.6. The summed E-state index contributed by atoms with van der Waals surface area (Å²) in [5, 5.41) is 3.91. The number of carbonyl (C=O) groups is 1. The summed E-state index contributed by atoms with van der Waals surface area (Å²) in [6.45, 7) is -0.198. The highest BCUT2D eigenvalue weighted by molar-refractivity contribution is 9.10. The molecule has 1 aromatic carbocycles. The van der Waals surface area contributed by atoms with Crippen LogP contribution in [0.1, 0.15) is 37.7 Å². The summed E-state index contributed by atoms with van der Waals surface area (Å²) in [5.74, 6) is -0.436. The van der Waals surface area contributed by atoms with Crippen molar-refractivity contribution in [1.82, 2.24) is 9.73 Å². The molecule has 1 aromatic rings. The van der Waals surface area contributed by atoms with Gasteiger partial charge in [0.05, 0.1) is 19.0 Å². The quantitative estimate of drug-likeness (QED) is 0.572. The number of halogens is 1. The van der Waals surface area contributed by atoms with Gasteiger partial charge < -0.3 is 0 Å². The third kappa shape index (κ3) is 5.68. The van der Waals surface area contributed by atoms with E-state index in [-0.39, 0.29) is 12.6 Å². The van der Waals surface area contributed by atoms with Crippen molar-refractivity contribution >= 4 is 38.1 Å². The van der Waals surface area contributed by atoms with Crippen LogP contribution in [0.2, 0.25) is 0 Å². The Hall–Kier alpha value is -1.25. The zero-order valence-corrected chi connectivity index (χ0v) is 16.0. The highest BCUT2D eigenvalue weighted by Crippen LogP contribution is 2.24. The lowest BCUT2D eigenvalue weighted by Gasteiger charge is -2.31. The van der Waals surface area contributed by atoms with Crippen molar-refractivity contribution in [3.05, 3.63) is 34.3 Å². The van der Waals surface area contributed by atoms with Crippen LogP contribution in [0.25, 0.3) is 0 Å². The number of nitrogens with one attached hydrogen (secondary N) is 1. The van der Waals surface area contributed by atoms with Gasteiger partial charge in [0, 0.05) is 16.1 Å². The maximum absolute atomic E-state index is 12.1. The molecule has 24 heavy (non-hydrogen) atoms. The lowest BCUT2D eigenvalue weighted by Crippen LogP contribution is -2.45. The number of hydrogen-bond acceptors (Lipinski definition) is 4. The Bertz CT molecular complexity index is 700. The monoisotopic (exact) mass is 415 g/mol. The molecule has 6 nitrogen and oxygen atoms in total. The fraction of sp³-hybridized carbons (Fsp3) is 0.500. The first-order valence-electron chi connectivity index (χ1n) is 7.91. The average molecular weight is 416 g/mol. The van der Waals surface area contributed by atoms with Crippen molar-refractivity contribution in [2.75, 3.05) is 12.8 Å². The van der Waals surface area contributed by atoms with Gasteiger partial charge in [-0.05, 0) is 18.9 Å². The highest BCUT2D eigenvalue weighted by atomic mass is 79.9. The van der Waals surface area contributed by atoms with E-state index in [1.165, 1.54) is 10.5 Å². The van der Waals surface area contributed by atoms with Crippen LogP contribution in [0.15, 0.2) is 33.8 Å². The van der Waals surface area contributed by atoms with Crippen molar-refractivity contribution in [2.45, 2.75) is 38.1 Å². The molecular weight excluding hydrogens is 394 g/mol. The molecule has 1 fully saturated rings. The second-order valence-corrected chi connectivity index (χ2v) is 8.70. The van der Waals surface area contributed by atoms with Gasteiger partial charge in [-0.1, -0.05) is 53.4 Å². The molecule has 0 heterocycles. The molecular formula is C16H22BrN3O3S. The van der Waals surface area contributed by atoms with Gasteiger partial charge in [-0.15, -0.1) is 0 Å². The normalized spacial score (nSPS) is 16.6. The van der Waals surface area contributed by atoms with Crippen LogP contribution < -0.4 is 5.43 Å². The first kappa shape index (κ1) is 19.1. The maximum atomic E-state index is 12.1. The fourth-order valence-corrected chi connectivity index (χ4v) is 4.31. The second kappa shape index (κ2) is 8.73. The molecule has 0 aliphatic heterocycles. The molecule has 1 aliphatic carbocycles. The number of hydrazone groups is 1. The molecule has 0 spiro atoms. The zero-order chi connectivity index (χ0) is 17.6. The van der Waals surface area contributed by atoms with Crippen LogP contribution in [0.3, 0.4) is 0 Å². The van der Waals surface area contributed by atoms with E-state index in [4.69, 9.17) is 0 Å². The molecule has 0 aromatic heterocycles. The smallest absolute Gasteiger partial charge is 0.255 e. The van der Waals surface area contributed by atoms with Gasteiger partial charge in [0.15, 0.2) is 0 Å². The van der Waals surface area contributed by atoms with E-state index in [0.717, 1.165) is 48.4 Å². The lowest BCUT2D eigenvalue weighted by atomic mass is 9.95. The Morgan fingerprint density at radius 1 is 1.33 bits per heavy atom. The Balaban J connectivity index is 1.96. The van der Waals surface area contributed by atoms with E-state index in [1.54, 1.807) is 0 Å². The Morgan fingerprint density at radius 3 is 2.62 bits per heavy atom. The van der Waals surface area contributed by atoms with E-state index in [0.29, 0.717) is 0 Å². The molecule has 1 saturated carbocycles. The summed E-state index contributed by atoms with van der Waals surface area (Å²) in [5.41, 5.74) is 3.23. The number of nitrogens with zero attached hydrogens (tertiary/aromatic N) is 2. The number of amides is 1. The van der Waals surface area contributed by atoms with Crippen molar-refractivity contribution < 1.29 is 13.2 Å². The summed E-state index contributed by atoms with van der Waals surface area (Å²) in [6, 6.07) is 7.38. The van der Waals surface area contributed by atoms with Crippen LogP contribution in [0.5, 0.6) is 0 Å². The minimum absolute atomic E-state index is 0.0910. The molecule has 2 rings (SSSR count).